The van der Waals surface area contributed by atoms with Crippen molar-refractivity contribution >= 4 is 32.6 Å². The Balaban J connectivity index is 1.83. The highest BCUT2D eigenvalue weighted by Crippen LogP contribution is 2.35. The van der Waals surface area contributed by atoms with Crippen LogP contribution in [0.3, 0.4) is 0 Å². The molecule has 0 unspecified atom stereocenters. The number of benzene rings is 2. The summed E-state index contributed by atoms with van der Waals surface area (Å²) in [4.78, 5) is 13.9. The standard InChI is InChI=1S/C25H26N2O5S/c1-2-3-8-22-23(19-15-16(26)9-10-21(19)32-22)24(28)18-6-4-5-7-20(18)25(27)13-11-17(12-14-25)33(29,30)31/h4-7,9-15,17H,2-3,8,26-27H2,1H3,(H,29,30,31). The van der Waals surface area contributed by atoms with Gasteiger partial charge in [-0.15, -0.1) is 0 Å². The fourth-order valence-corrected chi connectivity index (χ4v) is 4.68. The molecule has 0 fully saturated rings. The first-order valence-electron chi connectivity index (χ1n) is 10.7. The number of carbonyl (C=O) groups is 1. The first-order chi connectivity index (χ1) is 15.6. The summed E-state index contributed by atoms with van der Waals surface area (Å²) < 4.78 is 38.3. The first kappa shape index (κ1) is 23.0. The van der Waals surface area contributed by atoms with Gasteiger partial charge in [-0.05, 0) is 30.2 Å². The van der Waals surface area contributed by atoms with E-state index in [1.54, 1.807) is 42.5 Å². The number of rotatable bonds is 7. The Morgan fingerprint density at radius 1 is 1.15 bits per heavy atom. The van der Waals surface area contributed by atoms with Crippen LogP contribution in [0.25, 0.3) is 11.0 Å². The van der Waals surface area contributed by atoms with Gasteiger partial charge >= 0.3 is 0 Å². The molecule has 0 spiro atoms. The van der Waals surface area contributed by atoms with Gasteiger partial charge in [-0.25, -0.2) is 0 Å². The molecular formula is C25H26N2O5S. The van der Waals surface area contributed by atoms with Crippen LogP contribution in [0.1, 0.15) is 47.0 Å². The van der Waals surface area contributed by atoms with Crippen LogP contribution in [-0.4, -0.2) is 24.0 Å². The largest absolute Gasteiger partial charge is 0.460 e. The Morgan fingerprint density at radius 2 is 1.85 bits per heavy atom. The topological polar surface area (TPSA) is 137 Å². The predicted molar refractivity (Wildman–Crippen MR) is 129 cm³/mol. The van der Waals surface area contributed by atoms with Gasteiger partial charge < -0.3 is 15.9 Å². The maximum absolute atomic E-state index is 13.9. The second-order valence-corrected chi connectivity index (χ2v) is 9.84. The van der Waals surface area contributed by atoms with E-state index in [0.717, 1.165) is 12.8 Å². The van der Waals surface area contributed by atoms with Crippen LogP contribution >= 0.6 is 0 Å². The van der Waals surface area contributed by atoms with E-state index in [4.69, 9.17) is 15.9 Å². The molecule has 0 bridgehead atoms. The minimum Gasteiger partial charge on any atom is -0.460 e. The molecule has 0 saturated carbocycles. The van der Waals surface area contributed by atoms with Crippen molar-refractivity contribution in [2.45, 2.75) is 37.0 Å². The fourth-order valence-electron chi connectivity index (χ4n) is 4.13. The summed E-state index contributed by atoms with van der Waals surface area (Å²) in [6.07, 6.45) is 8.02. The number of nitrogens with two attached hydrogens (primary N) is 2. The zero-order valence-electron chi connectivity index (χ0n) is 18.2. The van der Waals surface area contributed by atoms with Gasteiger partial charge in [0.05, 0.1) is 11.1 Å². The maximum atomic E-state index is 13.9. The van der Waals surface area contributed by atoms with Crippen molar-refractivity contribution in [2.24, 2.45) is 5.73 Å². The molecule has 33 heavy (non-hydrogen) atoms. The zero-order chi connectivity index (χ0) is 23.8. The van der Waals surface area contributed by atoms with Crippen LogP contribution in [0.15, 0.2) is 71.2 Å². The highest BCUT2D eigenvalue weighted by molar-refractivity contribution is 7.86. The summed E-state index contributed by atoms with van der Waals surface area (Å²) in [5.41, 5.74) is 13.8. The molecular weight excluding hydrogens is 440 g/mol. The number of anilines is 1. The van der Waals surface area contributed by atoms with E-state index in [1.807, 2.05) is 0 Å². The minimum atomic E-state index is -4.28. The van der Waals surface area contributed by atoms with E-state index < -0.39 is 20.9 Å². The molecule has 172 valence electrons. The summed E-state index contributed by atoms with van der Waals surface area (Å²) in [7, 11) is -4.28. The Kier molecular flexibility index (Phi) is 6.00. The molecule has 2 aromatic carbocycles. The van der Waals surface area contributed by atoms with Gasteiger partial charge in [-0.1, -0.05) is 61.9 Å². The van der Waals surface area contributed by atoms with Crippen LogP contribution in [0.2, 0.25) is 0 Å². The molecule has 0 amide bonds. The third kappa shape index (κ3) is 4.37. The number of furan rings is 1. The molecule has 8 heteroatoms. The fraction of sp³-hybridized carbons (Fsp3) is 0.240. The third-order valence-corrected chi connectivity index (χ3v) is 6.88. The van der Waals surface area contributed by atoms with E-state index in [2.05, 4.69) is 6.92 Å². The molecule has 1 aromatic heterocycles. The Bertz CT molecular complexity index is 1370. The number of hydrogen-bond acceptors (Lipinski definition) is 6. The normalized spacial score (nSPS) is 20.4. The van der Waals surface area contributed by atoms with Crippen molar-refractivity contribution in [1.29, 1.82) is 0 Å². The van der Waals surface area contributed by atoms with E-state index in [-0.39, 0.29) is 5.78 Å². The van der Waals surface area contributed by atoms with Gasteiger partial charge in [0.1, 0.15) is 16.6 Å². The Morgan fingerprint density at radius 3 is 2.52 bits per heavy atom. The molecule has 1 aliphatic carbocycles. The number of carbonyl (C=O) groups excluding carboxylic acids is 1. The highest BCUT2D eigenvalue weighted by atomic mass is 32.2. The van der Waals surface area contributed by atoms with Gasteiger partial charge in [0, 0.05) is 23.1 Å². The highest BCUT2D eigenvalue weighted by Gasteiger charge is 2.33. The van der Waals surface area contributed by atoms with Crippen molar-refractivity contribution in [1.82, 2.24) is 0 Å². The van der Waals surface area contributed by atoms with Crippen molar-refractivity contribution < 1.29 is 22.2 Å². The van der Waals surface area contributed by atoms with Crippen LogP contribution in [-0.2, 0) is 22.1 Å². The number of nitrogen functional groups attached to an aromatic ring is 1. The van der Waals surface area contributed by atoms with Crippen LogP contribution in [0.4, 0.5) is 5.69 Å². The van der Waals surface area contributed by atoms with Gasteiger partial charge in [-0.2, -0.15) is 8.42 Å². The van der Waals surface area contributed by atoms with E-state index in [0.29, 0.717) is 45.5 Å². The quantitative estimate of drug-likeness (QED) is 0.206. The molecule has 5 N–H and O–H groups in total. The van der Waals surface area contributed by atoms with Crippen molar-refractivity contribution in [3.05, 3.63) is 89.2 Å². The van der Waals surface area contributed by atoms with Gasteiger partial charge in [0.2, 0.25) is 0 Å². The average molecular weight is 467 g/mol. The lowest BCUT2D eigenvalue weighted by Crippen LogP contribution is -2.37. The van der Waals surface area contributed by atoms with Crippen molar-refractivity contribution in [3.8, 4) is 0 Å². The number of unbranched alkanes of at least 4 members (excludes halogenated alkanes) is 1. The monoisotopic (exact) mass is 466 g/mol. The van der Waals surface area contributed by atoms with E-state index in [9.17, 15) is 17.8 Å². The molecule has 3 aromatic rings. The van der Waals surface area contributed by atoms with Crippen LogP contribution < -0.4 is 11.5 Å². The van der Waals surface area contributed by atoms with Crippen molar-refractivity contribution in [2.75, 3.05) is 5.73 Å². The predicted octanol–water partition coefficient (Wildman–Crippen LogP) is 4.13. The summed E-state index contributed by atoms with van der Waals surface area (Å²) in [6, 6.07) is 12.2. The maximum Gasteiger partial charge on any atom is 0.275 e. The lowest BCUT2D eigenvalue weighted by Gasteiger charge is -2.28. The molecule has 0 aliphatic heterocycles. The lowest BCUT2D eigenvalue weighted by molar-refractivity contribution is 0.103. The summed E-state index contributed by atoms with van der Waals surface area (Å²) >= 11 is 0. The van der Waals surface area contributed by atoms with Gasteiger partial charge in [-0.3, -0.25) is 9.35 Å². The summed E-state index contributed by atoms with van der Waals surface area (Å²) in [5.74, 6) is 0.356. The average Bonchev–Trinajstić information content (AvgIpc) is 3.14. The van der Waals surface area contributed by atoms with Crippen LogP contribution in [0.5, 0.6) is 0 Å². The molecule has 1 aliphatic rings. The molecule has 1 heterocycles. The third-order valence-electron chi connectivity index (χ3n) is 5.87. The second-order valence-electron chi connectivity index (χ2n) is 8.26. The van der Waals surface area contributed by atoms with E-state index in [1.165, 1.54) is 24.3 Å². The van der Waals surface area contributed by atoms with Crippen LogP contribution in [0, 0.1) is 0 Å². The van der Waals surface area contributed by atoms with E-state index >= 15 is 0 Å². The number of ketones is 1. The summed E-state index contributed by atoms with van der Waals surface area (Å²) in [5, 5.41) is -0.536. The lowest BCUT2D eigenvalue weighted by atomic mass is 9.82. The molecule has 4 rings (SSSR count). The smallest absolute Gasteiger partial charge is 0.275 e. The Hall–Kier alpha value is -3.20. The Labute approximate surface area is 192 Å². The molecule has 7 nitrogen and oxygen atoms in total. The molecule has 0 radical (unpaired) electrons. The number of fused-ring (bicyclic) bond motifs is 1. The second kappa shape index (κ2) is 8.62. The molecule has 0 saturated heterocycles. The molecule has 0 atom stereocenters. The van der Waals surface area contributed by atoms with Gasteiger partial charge in [0.15, 0.2) is 5.78 Å². The number of aryl methyl sites for hydroxylation is 1. The van der Waals surface area contributed by atoms with Crippen molar-refractivity contribution in [3.63, 3.8) is 0 Å². The summed E-state index contributed by atoms with van der Waals surface area (Å²) in [6.45, 7) is 2.07. The van der Waals surface area contributed by atoms with Gasteiger partial charge in [0.25, 0.3) is 10.1 Å². The first-order valence-corrected chi connectivity index (χ1v) is 12.2. The minimum absolute atomic E-state index is 0.246. The zero-order valence-corrected chi connectivity index (χ0v) is 19.0. The number of hydrogen-bond donors (Lipinski definition) is 3. The SMILES string of the molecule is CCCCc1oc2ccc(N)cc2c1C(=O)c1ccccc1C1(N)C=CC(S(=O)(=O)O)C=C1.